The molecule has 1 saturated heterocycles. The molecule has 1 fully saturated rings. The van der Waals surface area contributed by atoms with Crippen LogP contribution in [0.4, 0.5) is 0 Å². The van der Waals surface area contributed by atoms with Crippen molar-refractivity contribution in [1.29, 1.82) is 0 Å². The molecule has 7 heteroatoms. The highest BCUT2D eigenvalue weighted by atomic mass is 35.5. The number of hydrogen-bond acceptors (Lipinski definition) is 5. The van der Waals surface area contributed by atoms with Crippen LogP contribution in [0, 0.1) is 5.92 Å². The summed E-state index contributed by atoms with van der Waals surface area (Å²) in [5, 5.41) is 3.74. The minimum atomic E-state index is -0.118. The summed E-state index contributed by atoms with van der Waals surface area (Å²) in [6, 6.07) is 11.5. The maximum atomic E-state index is 12.7. The van der Waals surface area contributed by atoms with Gasteiger partial charge in [-0.3, -0.25) is 15.6 Å². The van der Waals surface area contributed by atoms with Crippen molar-refractivity contribution in [2.45, 2.75) is 31.2 Å². The van der Waals surface area contributed by atoms with Crippen molar-refractivity contribution >= 4 is 29.3 Å². The van der Waals surface area contributed by atoms with Crippen LogP contribution in [0.3, 0.4) is 0 Å². The van der Waals surface area contributed by atoms with E-state index >= 15 is 0 Å². The van der Waals surface area contributed by atoms with Crippen LogP contribution in [-0.2, 0) is 6.54 Å². The van der Waals surface area contributed by atoms with E-state index in [0.29, 0.717) is 29.0 Å². The largest absolute Gasteiger partial charge is 0.496 e. The number of hydrogen-bond donors (Lipinski definition) is 3. The van der Waals surface area contributed by atoms with Crippen molar-refractivity contribution in [3.05, 3.63) is 58.1 Å². The van der Waals surface area contributed by atoms with Crippen molar-refractivity contribution in [1.82, 2.24) is 16.2 Å². The Hall–Kier alpha value is -1.73. The molecule has 1 aliphatic heterocycles. The Morgan fingerprint density at radius 3 is 2.69 bits per heavy atom. The number of benzene rings is 2. The van der Waals surface area contributed by atoms with E-state index in [9.17, 15) is 4.79 Å². The first-order valence-corrected chi connectivity index (χ1v) is 11.2. The van der Waals surface area contributed by atoms with E-state index in [2.05, 4.69) is 30.0 Å². The van der Waals surface area contributed by atoms with Crippen LogP contribution < -0.4 is 20.9 Å². The molecular weight excluding hydrogens is 406 g/mol. The number of halogens is 1. The summed E-state index contributed by atoms with van der Waals surface area (Å²) in [6.07, 6.45) is 0. The third-order valence-electron chi connectivity index (χ3n) is 4.80. The summed E-state index contributed by atoms with van der Waals surface area (Å²) >= 11 is 7.94. The molecule has 0 saturated carbocycles. The monoisotopic (exact) mass is 433 g/mol. The minimum Gasteiger partial charge on any atom is -0.496 e. The molecular formula is C22H28ClN3O2S. The third-order valence-corrected chi connectivity index (χ3v) is 6.56. The fraction of sp³-hybridized carbons (Fsp3) is 0.409. The van der Waals surface area contributed by atoms with E-state index in [-0.39, 0.29) is 5.91 Å². The SMILES string of the molecule is COc1cc(C(=O)NCc2ccc(Cl)cc2SCC(C)C)ccc1C1CNNC1. The van der Waals surface area contributed by atoms with Crippen molar-refractivity contribution in [3.8, 4) is 5.75 Å². The Morgan fingerprint density at radius 1 is 1.24 bits per heavy atom. The highest BCUT2D eigenvalue weighted by molar-refractivity contribution is 7.99. The maximum absolute atomic E-state index is 12.7. The highest BCUT2D eigenvalue weighted by Gasteiger charge is 2.21. The van der Waals surface area contributed by atoms with Gasteiger partial charge in [0.05, 0.1) is 7.11 Å². The summed E-state index contributed by atoms with van der Waals surface area (Å²) in [7, 11) is 1.64. The van der Waals surface area contributed by atoms with Gasteiger partial charge >= 0.3 is 0 Å². The number of carbonyl (C=O) groups is 1. The standard InChI is InChI=1S/C22H28ClN3O2S/c1-14(2)13-29-21-9-18(23)6-4-16(21)10-24-22(27)15-5-7-19(20(8-15)28-3)17-11-25-26-12-17/h4-9,14,17,25-26H,10-13H2,1-3H3,(H,24,27). The summed E-state index contributed by atoms with van der Waals surface area (Å²) in [4.78, 5) is 13.9. The fourth-order valence-corrected chi connectivity index (χ4v) is 4.50. The molecule has 0 aliphatic carbocycles. The van der Waals surface area contributed by atoms with Crippen LogP contribution in [0.15, 0.2) is 41.3 Å². The average Bonchev–Trinajstić information content (AvgIpc) is 3.25. The molecule has 5 nitrogen and oxygen atoms in total. The number of hydrazine groups is 1. The number of methoxy groups -OCH3 is 1. The fourth-order valence-electron chi connectivity index (χ4n) is 3.22. The van der Waals surface area contributed by atoms with Crippen LogP contribution in [-0.4, -0.2) is 31.9 Å². The molecule has 0 radical (unpaired) electrons. The van der Waals surface area contributed by atoms with E-state index in [4.69, 9.17) is 16.3 Å². The number of carbonyl (C=O) groups excluding carboxylic acids is 1. The minimum absolute atomic E-state index is 0.118. The molecule has 156 valence electrons. The van der Waals surface area contributed by atoms with E-state index in [1.54, 1.807) is 18.9 Å². The highest BCUT2D eigenvalue weighted by Crippen LogP contribution is 2.30. The molecule has 1 amide bonds. The maximum Gasteiger partial charge on any atom is 0.251 e. The third kappa shape index (κ3) is 5.89. The van der Waals surface area contributed by atoms with E-state index in [0.717, 1.165) is 40.6 Å². The lowest BCUT2D eigenvalue weighted by Crippen LogP contribution is -2.23. The predicted octanol–water partition coefficient (Wildman–Crippen LogP) is 4.22. The van der Waals surface area contributed by atoms with Gasteiger partial charge in [-0.2, -0.15) is 0 Å². The first-order chi connectivity index (χ1) is 14.0. The van der Waals surface area contributed by atoms with E-state index in [1.165, 1.54) is 0 Å². The number of thioether (sulfide) groups is 1. The van der Waals surface area contributed by atoms with Gasteiger partial charge in [0.25, 0.3) is 5.91 Å². The van der Waals surface area contributed by atoms with Crippen LogP contribution in [0.1, 0.15) is 41.3 Å². The van der Waals surface area contributed by atoms with Gasteiger partial charge in [-0.1, -0.05) is 37.6 Å². The van der Waals surface area contributed by atoms with Crippen molar-refractivity contribution < 1.29 is 9.53 Å². The number of ether oxygens (including phenoxy) is 1. The summed E-state index contributed by atoms with van der Waals surface area (Å²) in [5.41, 5.74) is 9.02. The second kappa shape index (κ2) is 10.3. The van der Waals surface area contributed by atoms with Gasteiger partial charge in [0, 0.05) is 46.8 Å². The van der Waals surface area contributed by atoms with E-state index < -0.39 is 0 Å². The van der Waals surface area contributed by atoms with Gasteiger partial charge in [-0.15, -0.1) is 11.8 Å². The first kappa shape index (κ1) is 22.0. The summed E-state index contributed by atoms with van der Waals surface area (Å²) < 4.78 is 5.54. The topological polar surface area (TPSA) is 62.4 Å². The van der Waals surface area contributed by atoms with Crippen LogP contribution in [0.2, 0.25) is 5.02 Å². The molecule has 3 N–H and O–H groups in total. The molecule has 1 aliphatic rings. The Kier molecular flexibility index (Phi) is 7.84. The van der Waals surface area contributed by atoms with Gasteiger partial charge < -0.3 is 10.1 Å². The predicted molar refractivity (Wildman–Crippen MR) is 120 cm³/mol. The zero-order valence-corrected chi connectivity index (χ0v) is 18.6. The van der Waals surface area contributed by atoms with Gasteiger partial charge in [0.2, 0.25) is 0 Å². The van der Waals surface area contributed by atoms with Gasteiger partial charge in [-0.25, -0.2) is 0 Å². The molecule has 1 heterocycles. The van der Waals surface area contributed by atoms with Gasteiger partial charge in [0.15, 0.2) is 0 Å². The summed E-state index contributed by atoms with van der Waals surface area (Å²) in [6.45, 7) is 6.52. The Labute approximate surface area is 181 Å². The van der Waals surface area contributed by atoms with Crippen LogP contribution >= 0.6 is 23.4 Å². The Morgan fingerprint density at radius 2 is 2.00 bits per heavy atom. The lowest BCUT2D eigenvalue weighted by atomic mass is 9.97. The van der Waals surface area contributed by atoms with Crippen molar-refractivity contribution in [3.63, 3.8) is 0 Å². The average molecular weight is 434 g/mol. The van der Waals surface area contributed by atoms with Crippen LogP contribution in [0.25, 0.3) is 0 Å². The number of nitrogens with one attached hydrogen (secondary N) is 3. The molecule has 3 rings (SSSR count). The molecule has 0 bridgehead atoms. The Balaban J connectivity index is 1.69. The second-order valence-corrected chi connectivity index (χ2v) is 9.05. The summed E-state index contributed by atoms with van der Waals surface area (Å²) in [5.74, 6) is 2.54. The lowest BCUT2D eigenvalue weighted by molar-refractivity contribution is 0.0950. The first-order valence-electron chi connectivity index (χ1n) is 9.81. The molecule has 29 heavy (non-hydrogen) atoms. The van der Waals surface area contributed by atoms with Gasteiger partial charge in [0.1, 0.15) is 5.75 Å². The van der Waals surface area contributed by atoms with Gasteiger partial charge in [-0.05, 0) is 41.3 Å². The normalized spacial score (nSPS) is 14.4. The number of amides is 1. The van der Waals surface area contributed by atoms with Crippen molar-refractivity contribution in [2.24, 2.45) is 5.92 Å². The molecule has 0 atom stereocenters. The van der Waals surface area contributed by atoms with Crippen LogP contribution in [0.5, 0.6) is 5.75 Å². The lowest BCUT2D eigenvalue weighted by Gasteiger charge is -2.15. The second-order valence-electron chi connectivity index (χ2n) is 7.56. The molecule has 0 unspecified atom stereocenters. The van der Waals surface area contributed by atoms with Crippen molar-refractivity contribution in [2.75, 3.05) is 26.0 Å². The quantitative estimate of drug-likeness (QED) is 0.544. The number of rotatable bonds is 8. The molecule has 2 aromatic carbocycles. The molecule has 0 spiro atoms. The van der Waals surface area contributed by atoms with E-state index in [1.807, 2.05) is 36.4 Å². The zero-order chi connectivity index (χ0) is 20.8. The smallest absolute Gasteiger partial charge is 0.251 e. The molecule has 0 aromatic heterocycles. The zero-order valence-electron chi connectivity index (χ0n) is 17.0. The molecule has 2 aromatic rings. The Bertz CT molecular complexity index is 854.